The van der Waals surface area contributed by atoms with E-state index >= 15 is 0 Å². The first-order valence-electron chi connectivity index (χ1n) is 7.82. The Morgan fingerprint density at radius 3 is 2.45 bits per heavy atom. The minimum absolute atomic E-state index is 0.119. The molecular formula is C17H24N2O3. The predicted molar refractivity (Wildman–Crippen MR) is 84.3 cm³/mol. The quantitative estimate of drug-likeness (QED) is 0.821. The smallest absolute Gasteiger partial charge is 0.276 e. The first-order chi connectivity index (χ1) is 10.5. The van der Waals surface area contributed by atoms with Crippen molar-refractivity contribution in [2.75, 3.05) is 6.61 Å². The summed E-state index contributed by atoms with van der Waals surface area (Å²) in [4.78, 5) is 23.4. The van der Waals surface area contributed by atoms with Crippen molar-refractivity contribution in [3.8, 4) is 5.75 Å². The zero-order chi connectivity index (χ0) is 15.9. The van der Waals surface area contributed by atoms with Crippen LogP contribution in [0, 0.1) is 19.8 Å². The average molecular weight is 304 g/mol. The molecular weight excluding hydrogens is 280 g/mol. The number of hydrogen-bond donors (Lipinski definition) is 2. The van der Waals surface area contributed by atoms with E-state index in [1.807, 2.05) is 32.0 Å². The van der Waals surface area contributed by atoms with Gasteiger partial charge in [0, 0.05) is 6.42 Å². The standard InChI is InChI=1S/C17H24N2O3/c1-12-7-8-15(9-13(12)2)22-11-17(21)19-18-16(20)10-14-5-3-4-6-14/h7-9,14H,3-6,10-11H2,1-2H3,(H,18,20)(H,19,21). The van der Waals surface area contributed by atoms with Gasteiger partial charge < -0.3 is 4.74 Å². The number of nitrogens with one attached hydrogen (secondary N) is 2. The van der Waals surface area contributed by atoms with E-state index in [2.05, 4.69) is 10.9 Å². The third-order valence-electron chi connectivity index (χ3n) is 4.14. The van der Waals surface area contributed by atoms with E-state index in [-0.39, 0.29) is 18.4 Å². The maximum absolute atomic E-state index is 11.7. The third-order valence-corrected chi connectivity index (χ3v) is 4.14. The van der Waals surface area contributed by atoms with Crippen LogP contribution >= 0.6 is 0 Å². The van der Waals surface area contributed by atoms with Crippen LogP contribution in [0.1, 0.15) is 43.2 Å². The molecule has 22 heavy (non-hydrogen) atoms. The van der Waals surface area contributed by atoms with E-state index in [4.69, 9.17) is 4.74 Å². The molecule has 5 nitrogen and oxygen atoms in total. The van der Waals surface area contributed by atoms with Crippen LogP contribution in [0.5, 0.6) is 5.75 Å². The van der Waals surface area contributed by atoms with Crippen LogP contribution in [0.25, 0.3) is 0 Å². The number of carbonyl (C=O) groups is 2. The molecule has 0 heterocycles. The fourth-order valence-corrected chi connectivity index (χ4v) is 2.66. The van der Waals surface area contributed by atoms with Gasteiger partial charge in [-0.2, -0.15) is 0 Å². The van der Waals surface area contributed by atoms with E-state index in [1.165, 1.54) is 18.4 Å². The molecule has 2 N–H and O–H groups in total. The lowest BCUT2D eigenvalue weighted by atomic mass is 10.0. The Hall–Kier alpha value is -2.04. The van der Waals surface area contributed by atoms with Crippen LogP contribution in [-0.2, 0) is 9.59 Å². The summed E-state index contributed by atoms with van der Waals surface area (Å²) in [6, 6.07) is 5.67. The summed E-state index contributed by atoms with van der Waals surface area (Å²) in [5, 5.41) is 0. The summed E-state index contributed by atoms with van der Waals surface area (Å²) in [5.41, 5.74) is 7.13. The van der Waals surface area contributed by atoms with Crippen molar-refractivity contribution in [1.29, 1.82) is 0 Å². The molecule has 1 aromatic carbocycles. The van der Waals surface area contributed by atoms with Crippen LogP contribution in [0.4, 0.5) is 0 Å². The zero-order valence-electron chi connectivity index (χ0n) is 13.3. The maximum Gasteiger partial charge on any atom is 0.276 e. The number of benzene rings is 1. The minimum Gasteiger partial charge on any atom is -0.484 e. The average Bonchev–Trinajstić information content (AvgIpc) is 2.99. The Morgan fingerprint density at radius 2 is 1.77 bits per heavy atom. The van der Waals surface area contributed by atoms with Crippen LogP contribution in [-0.4, -0.2) is 18.4 Å². The van der Waals surface area contributed by atoms with Gasteiger partial charge in [-0.25, -0.2) is 0 Å². The highest BCUT2D eigenvalue weighted by Crippen LogP contribution is 2.27. The molecule has 0 aromatic heterocycles. The van der Waals surface area contributed by atoms with Crippen LogP contribution in [0.15, 0.2) is 18.2 Å². The first-order valence-corrected chi connectivity index (χ1v) is 7.82. The van der Waals surface area contributed by atoms with Gasteiger partial charge in [-0.3, -0.25) is 20.4 Å². The largest absolute Gasteiger partial charge is 0.484 e. The molecule has 0 bridgehead atoms. The van der Waals surface area contributed by atoms with Gasteiger partial charge in [-0.15, -0.1) is 0 Å². The van der Waals surface area contributed by atoms with Crippen LogP contribution < -0.4 is 15.6 Å². The SMILES string of the molecule is Cc1ccc(OCC(=O)NNC(=O)CC2CCCC2)cc1C. The zero-order valence-corrected chi connectivity index (χ0v) is 13.3. The lowest BCUT2D eigenvalue weighted by Gasteiger charge is -2.11. The molecule has 1 aliphatic carbocycles. The van der Waals surface area contributed by atoms with Gasteiger partial charge in [0.2, 0.25) is 5.91 Å². The number of aryl methyl sites for hydroxylation is 2. The summed E-state index contributed by atoms with van der Waals surface area (Å²) in [6.07, 6.45) is 5.11. The van der Waals surface area contributed by atoms with Gasteiger partial charge in [-0.05, 0) is 55.9 Å². The second-order valence-corrected chi connectivity index (χ2v) is 5.99. The lowest BCUT2D eigenvalue weighted by molar-refractivity contribution is -0.130. The van der Waals surface area contributed by atoms with Crippen molar-refractivity contribution >= 4 is 11.8 Å². The predicted octanol–water partition coefficient (Wildman–Crippen LogP) is 2.41. The van der Waals surface area contributed by atoms with Crippen LogP contribution in [0.3, 0.4) is 0 Å². The molecule has 1 aromatic rings. The molecule has 2 amide bonds. The number of ether oxygens (including phenoxy) is 1. The Balaban J connectivity index is 1.66. The summed E-state index contributed by atoms with van der Waals surface area (Å²) in [7, 11) is 0. The first kappa shape index (κ1) is 16.3. The number of carbonyl (C=O) groups excluding carboxylic acids is 2. The van der Waals surface area contributed by atoms with Crippen molar-refractivity contribution in [2.45, 2.75) is 46.0 Å². The van der Waals surface area contributed by atoms with Gasteiger partial charge in [0.05, 0.1) is 0 Å². The number of hydrogen-bond acceptors (Lipinski definition) is 3. The van der Waals surface area contributed by atoms with Gasteiger partial charge in [0.1, 0.15) is 5.75 Å². The molecule has 0 aliphatic heterocycles. The minimum atomic E-state index is -0.363. The molecule has 1 aliphatic rings. The van der Waals surface area contributed by atoms with E-state index in [0.29, 0.717) is 18.1 Å². The third kappa shape index (κ3) is 5.06. The van der Waals surface area contributed by atoms with E-state index in [1.54, 1.807) is 0 Å². The lowest BCUT2D eigenvalue weighted by Crippen LogP contribution is -2.44. The topological polar surface area (TPSA) is 67.4 Å². The summed E-state index contributed by atoms with van der Waals surface area (Å²) in [6.45, 7) is 3.89. The number of rotatable bonds is 5. The van der Waals surface area contributed by atoms with E-state index in [9.17, 15) is 9.59 Å². The number of amides is 2. The molecule has 1 saturated carbocycles. The summed E-state index contributed by atoms with van der Waals surface area (Å²) in [5.74, 6) is 0.614. The molecule has 0 saturated heterocycles. The molecule has 1 fully saturated rings. The van der Waals surface area contributed by atoms with E-state index < -0.39 is 0 Å². The number of hydrazine groups is 1. The molecule has 5 heteroatoms. The van der Waals surface area contributed by atoms with Crippen molar-refractivity contribution in [3.05, 3.63) is 29.3 Å². The normalized spacial score (nSPS) is 14.6. The monoisotopic (exact) mass is 304 g/mol. The fraction of sp³-hybridized carbons (Fsp3) is 0.529. The van der Waals surface area contributed by atoms with Crippen molar-refractivity contribution in [1.82, 2.24) is 10.9 Å². The molecule has 0 spiro atoms. The Bertz CT molecular complexity index is 537. The van der Waals surface area contributed by atoms with E-state index in [0.717, 1.165) is 18.4 Å². The highest BCUT2D eigenvalue weighted by molar-refractivity contribution is 5.82. The summed E-state index contributed by atoms with van der Waals surface area (Å²) < 4.78 is 5.41. The van der Waals surface area contributed by atoms with Gasteiger partial charge in [-0.1, -0.05) is 18.9 Å². The molecule has 0 radical (unpaired) electrons. The molecule has 0 unspecified atom stereocenters. The van der Waals surface area contributed by atoms with Gasteiger partial charge in [0.25, 0.3) is 5.91 Å². The summed E-state index contributed by atoms with van der Waals surface area (Å²) >= 11 is 0. The van der Waals surface area contributed by atoms with Gasteiger partial charge in [0.15, 0.2) is 6.61 Å². The highest BCUT2D eigenvalue weighted by Gasteiger charge is 2.18. The maximum atomic E-state index is 11.7. The highest BCUT2D eigenvalue weighted by atomic mass is 16.5. The Labute approximate surface area is 131 Å². The van der Waals surface area contributed by atoms with Crippen molar-refractivity contribution in [2.24, 2.45) is 5.92 Å². The fourth-order valence-electron chi connectivity index (χ4n) is 2.66. The Morgan fingerprint density at radius 1 is 1.09 bits per heavy atom. The second-order valence-electron chi connectivity index (χ2n) is 5.99. The van der Waals surface area contributed by atoms with Crippen molar-refractivity contribution in [3.63, 3.8) is 0 Å². The van der Waals surface area contributed by atoms with Crippen molar-refractivity contribution < 1.29 is 14.3 Å². The molecule has 120 valence electrons. The van der Waals surface area contributed by atoms with Crippen LogP contribution in [0.2, 0.25) is 0 Å². The van der Waals surface area contributed by atoms with Gasteiger partial charge >= 0.3 is 0 Å². The second kappa shape index (κ2) is 7.82. The molecule has 2 rings (SSSR count). The Kier molecular flexibility index (Phi) is 5.81. The molecule has 0 atom stereocenters.